The molecule has 1 aromatic heterocycles. The number of nitrogens with zero attached hydrogens (tertiary/aromatic N) is 3. The van der Waals surface area contributed by atoms with E-state index in [4.69, 9.17) is 16.6 Å². The number of carbonyl (C=O) groups is 1. The first-order valence-electron chi connectivity index (χ1n) is 9.87. The average Bonchev–Trinajstić information content (AvgIpc) is 2.73. The van der Waals surface area contributed by atoms with Gasteiger partial charge in [-0.05, 0) is 62.6 Å². The Labute approximate surface area is 175 Å². The molecule has 0 saturated heterocycles. The first-order valence-corrected chi connectivity index (χ1v) is 10.4. The minimum absolute atomic E-state index is 0.105. The van der Waals surface area contributed by atoms with Crippen LogP contribution in [-0.4, -0.2) is 32.8 Å². The molecule has 0 bridgehead atoms. The lowest BCUT2D eigenvalue weighted by atomic mass is 10.1. The van der Waals surface area contributed by atoms with Crippen LogP contribution in [0.5, 0.6) is 0 Å². The third kappa shape index (κ3) is 3.92. The zero-order chi connectivity index (χ0) is 21.1. The Balaban J connectivity index is 2.36. The summed E-state index contributed by atoms with van der Waals surface area (Å²) >= 11 is 5.86. The highest BCUT2D eigenvalue weighted by molar-refractivity contribution is 6.27. The fraction of sp³-hybridized carbons (Fsp3) is 0.348. The third-order valence-electron chi connectivity index (χ3n) is 5.39. The van der Waals surface area contributed by atoms with Gasteiger partial charge in [0.1, 0.15) is 11.7 Å². The van der Waals surface area contributed by atoms with Gasteiger partial charge in [0.15, 0.2) is 0 Å². The number of benzene rings is 2. The van der Waals surface area contributed by atoms with E-state index in [0.717, 1.165) is 16.8 Å². The highest BCUT2D eigenvalue weighted by Gasteiger charge is 2.27. The van der Waals surface area contributed by atoms with Crippen LogP contribution in [0.3, 0.4) is 0 Å². The predicted octanol–water partition coefficient (Wildman–Crippen LogP) is 4.54. The van der Waals surface area contributed by atoms with Gasteiger partial charge < -0.3 is 4.90 Å². The molecule has 0 N–H and O–H groups in total. The lowest BCUT2D eigenvalue weighted by Crippen LogP contribution is -2.39. The van der Waals surface area contributed by atoms with E-state index in [1.54, 1.807) is 15.5 Å². The number of hydrogen-bond acceptors (Lipinski definition) is 3. The molecule has 29 heavy (non-hydrogen) atoms. The summed E-state index contributed by atoms with van der Waals surface area (Å²) in [6.07, 6.45) is 0.617. The summed E-state index contributed by atoms with van der Waals surface area (Å²) in [5.74, 6) is 0.279. The largest absolute Gasteiger partial charge is 0.332 e. The summed E-state index contributed by atoms with van der Waals surface area (Å²) in [6.45, 7) is 8.44. The van der Waals surface area contributed by atoms with E-state index in [1.807, 2.05) is 64.1 Å². The molecule has 0 aliphatic carbocycles. The van der Waals surface area contributed by atoms with Crippen molar-refractivity contribution in [1.82, 2.24) is 14.5 Å². The SMILES string of the molecule is CCC(c1nc2ccccc2c(=O)n1-c1ccc(C)c(C)c1)N(CC)C(=O)CCl. The number of alkyl halides is 1. The van der Waals surface area contributed by atoms with Crippen LogP contribution < -0.4 is 5.56 Å². The fourth-order valence-corrected chi connectivity index (χ4v) is 3.83. The second-order valence-corrected chi connectivity index (χ2v) is 7.40. The van der Waals surface area contributed by atoms with E-state index in [9.17, 15) is 9.59 Å². The van der Waals surface area contributed by atoms with Crippen LogP contribution in [0.4, 0.5) is 0 Å². The Hall–Kier alpha value is -2.66. The molecule has 5 nitrogen and oxygen atoms in total. The van der Waals surface area contributed by atoms with Gasteiger partial charge in [0.25, 0.3) is 5.56 Å². The molecular formula is C23H26ClN3O2. The van der Waals surface area contributed by atoms with E-state index in [0.29, 0.717) is 29.7 Å². The maximum atomic E-state index is 13.5. The van der Waals surface area contributed by atoms with Crippen LogP contribution in [0.15, 0.2) is 47.3 Å². The first-order chi connectivity index (χ1) is 13.9. The fourth-order valence-electron chi connectivity index (χ4n) is 3.68. The lowest BCUT2D eigenvalue weighted by molar-refractivity contribution is -0.131. The number of amides is 1. The molecule has 3 rings (SSSR count). The number of fused-ring (bicyclic) bond motifs is 1. The normalized spacial score (nSPS) is 12.2. The molecule has 1 unspecified atom stereocenters. The van der Waals surface area contributed by atoms with Crippen LogP contribution in [0.2, 0.25) is 0 Å². The predicted molar refractivity (Wildman–Crippen MR) is 118 cm³/mol. The Bertz CT molecular complexity index is 1110. The molecule has 0 aliphatic rings. The summed E-state index contributed by atoms with van der Waals surface area (Å²) in [5.41, 5.74) is 3.48. The van der Waals surface area contributed by atoms with Crippen molar-refractivity contribution in [2.75, 3.05) is 12.4 Å². The molecule has 152 valence electrons. The smallest absolute Gasteiger partial charge is 0.266 e. The molecule has 3 aromatic rings. The zero-order valence-electron chi connectivity index (χ0n) is 17.3. The standard InChI is InChI=1S/C23H26ClN3O2/c1-5-20(26(6-2)21(28)14-24)22-25-19-10-8-7-9-18(19)23(29)27(22)17-12-11-15(3)16(4)13-17/h7-13,20H,5-6,14H2,1-4H3. The Morgan fingerprint density at radius 2 is 1.86 bits per heavy atom. The van der Waals surface area contributed by atoms with E-state index in [-0.39, 0.29) is 23.4 Å². The molecule has 1 heterocycles. The van der Waals surface area contributed by atoms with E-state index in [1.165, 1.54) is 0 Å². The van der Waals surface area contributed by atoms with Gasteiger partial charge in [-0.15, -0.1) is 11.6 Å². The maximum absolute atomic E-state index is 13.5. The van der Waals surface area contributed by atoms with Crippen molar-refractivity contribution in [3.8, 4) is 5.69 Å². The number of halogens is 1. The molecule has 0 fully saturated rings. The third-order valence-corrected chi connectivity index (χ3v) is 5.62. The molecule has 0 saturated carbocycles. The summed E-state index contributed by atoms with van der Waals surface area (Å²) in [4.78, 5) is 32.5. The van der Waals surface area contributed by atoms with Crippen molar-refractivity contribution in [3.05, 3.63) is 69.8 Å². The number of hydrogen-bond donors (Lipinski definition) is 0. The van der Waals surface area contributed by atoms with E-state index >= 15 is 0 Å². The number of aromatic nitrogens is 2. The minimum Gasteiger partial charge on any atom is -0.332 e. The van der Waals surface area contributed by atoms with Crippen molar-refractivity contribution < 1.29 is 4.79 Å². The van der Waals surface area contributed by atoms with E-state index in [2.05, 4.69) is 0 Å². The Morgan fingerprint density at radius 3 is 2.48 bits per heavy atom. The van der Waals surface area contributed by atoms with Gasteiger partial charge in [0, 0.05) is 6.54 Å². The van der Waals surface area contributed by atoms with Gasteiger partial charge in [-0.1, -0.05) is 25.1 Å². The van der Waals surface area contributed by atoms with Gasteiger partial charge in [-0.25, -0.2) is 4.98 Å². The highest BCUT2D eigenvalue weighted by Crippen LogP contribution is 2.26. The Kier molecular flexibility index (Phi) is 6.38. The molecule has 2 aromatic carbocycles. The van der Waals surface area contributed by atoms with Crippen LogP contribution in [0.1, 0.15) is 43.3 Å². The van der Waals surface area contributed by atoms with Gasteiger partial charge >= 0.3 is 0 Å². The average molecular weight is 412 g/mol. The second-order valence-electron chi connectivity index (χ2n) is 7.13. The monoisotopic (exact) mass is 411 g/mol. The summed E-state index contributed by atoms with van der Waals surface area (Å²) in [5, 5.41) is 0.552. The number of aryl methyl sites for hydroxylation is 2. The first kappa shape index (κ1) is 21.1. The molecule has 0 radical (unpaired) electrons. The molecule has 0 aliphatic heterocycles. The van der Waals surface area contributed by atoms with Crippen LogP contribution in [-0.2, 0) is 4.79 Å². The van der Waals surface area contributed by atoms with Gasteiger partial charge in [-0.2, -0.15) is 0 Å². The van der Waals surface area contributed by atoms with Crippen molar-refractivity contribution in [2.24, 2.45) is 0 Å². The maximum Gasteiger partial charge on any atom is 0.266 e. The quantitative estimate of drug-likeness (QED) is 0.559. The molecule has 1 amide bonds. The van der Waals surface area contributed by atoms with Gasteiger partial charge in [0.05, 0.1) is 22.6 Å². The molecule has 6 heteroatoms. The zero-order valence-corrected chi connectivity index (χ0v) is 18.0. The lowest BCUT2D eigenvalue weighted by Gasteiger charge is -2.31. The van der Waals surface area contributed by atoms with E-state index < -0.39 is 0 Å². The van der Waals surface area contributed by atoms with Crippen molar-refractivity contribution in [2.45, 2.75) is 40.2 Å². The number of carbonyl (C=O) groups excluding carboxylic acids is 1. The molecule has 0 spiro atoms. The van der Waals surface area contributed by atoms with Crippen molar-refractivity contribution in [3.63, 3.8) is 0 Å². The van der Waals surface area contributed by atoms with Gasteiger partial charge in [-0.3, -0.25) is 14.2 Å². The highest BCUT2D eigenvalue weighted by atomic mass is 35.5. The summed E-state index contributed by atoms with van der Waals surface area (Å²) < 4.78 is 1.65. The summed E-state index contributed by atoms with van der Waals surface area (Å²) in [7, 11) is 0. The minimum atomic E-state index is -0.356. The topological polar surface area (TPSA) is 55.2 Å². The number of rotatable bonds is 6. The Morgan fingerprint density at radius 1 is 1.14 bits per heavy atom. The van der Waals surface area contributed by atoms with Crippen LogP contribution in [0, 0.1) is 13.8 Å². The van der Waals surface area contributed by atoms with Gasteiger partial charge in [0.2, 0.25) is 5.91 Å². The van der Waals surface area contributed by atoms with Crippen LogP contribution in [0.25, 0.3) is 16.6 Å². The molecule has 1 atom stereocenters. The van der Waals surface area contributed by atoms with Crippen molar-refractivity contribution in [1.29, 1.82) is 0 Å². The molecular weight excluding hydrogens is 386 g/mol. The number of para-hydroxylation sites is 1. The van der Waals surface area contributed by atoms with Crippen LogP contribution >= 0.6 is 11.6 Å². The summed E-state index contributed by atoms with van der Waals surface area (Å²) in [6, 6.07) is 12.9. The second kappa shape index (κ2) is 8.78. The van der Waals surface area contributed by atoms with Crippen molar-refractivity contribution >= 4 is 28.4 Å².